The number of anilines is 1. The monoisotopic (exact) mass is 285 g/mol. The molecule has 1 saturated heterocycles. The molecule has 1 fully saturated rings. The number of aromatic amines is 1. The maximum absolute atomic E-state index is 12.8. The van der Waals surface area contributed by atoms with Crippen molar-refractivity contribution < 1.29 is 4.79 Å². The molecule has 1 amide bonds. The lowest BCUT2D eigenvalue weighted by Gasteiger charge is -2.20. The first kappa shape index (κ1) is 14.0. The molecular weight excluding hydrogens is 262 g/mol. The number of nitrogen functional groups attached to an aromatic ring is 1. The molecule has 1 aromatic heterocycles. The fourth-order valence-electron chi connectivity index (χ4n) is 3.27. The Bertz CT molecular complexity index is 647. The maximum atomic E-state index is 12.8. The summed E-state index contributed by atoms with van der Waals surface area (Å²) < 4.78 is 0. The number of rotatable bonds is 2. The Balaban J connectivity index is 1.83. The van der Waals surface area contributed by atoms with Crippen LogP contribution in [0.1, 0.15) is 43.0 Å². The molecule has 3 rings (SSSR count). The Morgan fingerprint density at radius 2 is 2.24 bits per heavy atom. The average Bonchev–Trinajstić information content (AvgIpc) is 2.75. The summed E-state index contributed by atoms with van der Waals surface area (Å²) in [6.07, 6.45) is 6.50. The Kier molecular flexibility index (Phi) is 3.86. The van der Waals surface area contributed by atoms with Crippen molar-refractivity contribution in [3.05, 3.63) is 30.0 Å². The van der Waals surface area contributed by atoms with E-state index in [4.69, 9.17) is 5.73 Å². The fraction of sp³-hybridized carbons (Fsp3) is 0.471. The second-order valence-corrected chi connectivity index (χ2v) is 6.00. The Hall–Kier alpha value is -1.97. The summed E-state index contributed by atoms with van der Waals surface area (Å²) in [4.78, 5) is 17.9. The van der Waals surface area contributed by atoms with E-state index in [-0.39, 0.29) is 5.91 Å². The lowest BCUT2D eigenvalue weighted by molar-refractivity contribution is 0.0762. The van der Waals surface area contributed by atoms with E-state index in [0.717, 1.165) is 48.3 Å². The third kappa shape index (κ3) is 2.75. The van der Waals surface area contributed by atoms with Crippen LogP contribution < -0.4 is 5.73 Å². The predicted molar refractivity (Wildman–Crippen MR) is 86.2 cm³/mol. The molecule has 1 unspecified atom stereocenters. The minimum absolute atomic E-state index is 0.141. The van der Waals surface area contributed by atoms with E-state index in [2.05, 4.69) is 11.9 Å². The highest BCUT2D eigenvalue weighted by atomic mass is 16.2. The average molecular weight is 285 g/mol. The number of likely N-dealkylation sites (tertiary alicyclic amines) is 1. The van der Waals surface area contributed by atoms with Gasteiger partial charge in [-0.2, -0.15) is 0 Å². The number of carbonyl (C=O) groups is 1. The van der Waals surface area contributed by atoms with Crippen molar-refractivity contribution in [3.63, 3.8) is 0 Å². The lowest BCUT2D eigenvalue weighted by atomic mass is 9.98. The van der Waals surface area contributed by atoms with E-state index >= 15 is 0 Å². The predicted octanol–water partition coefficient (Wildman–Crippen LogP) is 3.40. The number of hydrogen-bond donors (Lipinski definition) is 2. The molecule has 1 atom stereocenters. The van der Waals surface area contributed by atoms with E-state index in [0.29, 0.717) is 5.69 Å². The van der Waals surface area contributed by atoms with Gasteiger partial charge in [0.2, 0.25) is 0 Å². The number of hydrogen-bond acceptors (Lipinski definition) is 2. The van der Waals surface area contributed by atoms with E-state index in [1.807, 2.05) is 29.3 Å². The molecule has 1 aliphatic heterocycles. The molecule has 0 saturated carbocycles. The second kappa shape index (κ2) is 5.80. The summed E-state index contributed by atoms with van der Waals surface area (Å²) in [5, 5.41) is 0.963. The lowest BCUT2D eigenvalue weighted by Crippen LogP contribution is -2.31. The number of fused-ring (bicyclic) bond motifs is 1. The third-order valence-electron chi connectivity index (χ3n) is 4.65. The highest BCUT2D eigenvalue weighted by Crippen LogP contribution is 2.25. The van der Waals surface area contributed by atoms with Gasteiger partial charge in [0.05, 0.1) is 5.56 Å². The van der Waals surface area contributed by atoms with Gasteiger partial charge in [-0.05, 0) is 43.4 Å². The molecule has 2 heterocycles. The zero-order valence-corrected chi connectivity index (χ0v) is 12.6. The Labute approximate surface area is 125 Å². The first-order valence-corrected chi connectivity index (χ1v) is 7.85. The Morgan fingerprint density at radius 3 is 3.05 bits per heavy atom. The van der Waals surface area contributed by atoms with Crippen LogP contribution >= 0.6 is 0 Å². The van der Waals surface area contributed by atoms with E-state index < -0.39 is 0 Å². The van der Waals surface area contributed by atoms with Crippen molar-refractivity contribution in [1.29, 1.82) is 0 Å². The van der Waals surface area contributed by atoms with Crippen LogP contribution in [0, 0.1) is 5.92 Å². The number of aromatic nitrogens is 1. The van der Waals surface area contributed by atoms with Crippen LogP contribution in [0.25, 0.3) is 10.9 Å². The largest absolute Gasteiger partial charge is 0.399 e. The minimum atomic E-state index is 0.141. The van der Waals surface area contributed by atoms with Crippen molar-refractivity contribution in [2.45, 2.75) is 32.6 Å². The Morgan fingerprint density at radius 1 is 1.38 bits per heavy atom. The molecule has 0 spiro atoms. The van der Waals surface area contributed by atoms with Gasteiger partial charge in [-0.1, -0.05) is 13.3 Å². The quantitative estimate of drug-likeness (QED) is 0.831. The number of amides is 1. The normalized spacial score (nSPS) is 19.7. The number of nitrogens with one attached hydrogen (secondary N) is 1. The molecule has 21 heavy (non-hydrogen) atoms. The van der Waals surface area contributed by atoms with E-state index in [9.17, 15) is 4.79 Å². The number of benzene rings is 1. The zero-order chi connectivity index (χ0) is 14.8. The minimum Gasteiger partial charge on any atom is -0.399 e. The van der Waals surface area contributed by atoms with Gasteiger partial charge in [0.25, 0.3) is 5.91 Å². The number of nitrogens with two attached hydrogens (primary N) is 1. The SMILES string of the molecule is CCC1CCCN(C(=O)c2c[nH]c3cc(N)ccc23)CC1. The summed E-state index contributed by atoms with van der Waals surface area (Å²) in [7, 11) is 0. The molecule has 4 nitrogen and oxygen atoms in total. The summed E-state index contributed by atoms with van der Waals surface area (Å²) in [6.45, 7) is 3.99. The van der Waals surface area contributed by atoms with Gasteiger partial charge in [0.15, 0.2) is 0 Å². The van der Waals surface area contributed by atoms with Crippen molar-refractivity contribution >= 4 is 22.5 Å². The highest BCUT2D eigenvalue weighted by Gasteiger charge is 2.22. The van der Waals surface area contributed by atoms with Gasteiger partial charge in [-0.15, -0.1) is 0 Å². The number of H-pyrrole nitrogens is 1. The van der Waals surface area contributed by atoms with Crippen molar-refractivity contribution in [2.24, 2.45) is 5.92 Å². The van der Waals surface area contributed by atoms with E-state index in [1.54, 1.807) is 0 Å². The van der Waals surface area contributed by atoms with Crippen LogP contribution in [0.3, 0.4) is 0 Å². The molecule has 1 aliphatic rings. The first-order valence-electron chi connectivity index (χ1n) is 7.85. The van der Waals surface area contributed by atoms with E-state index in [1.165, 1.54) is 12.8 Å². The standard InChI is InChI=1S/C17H23N3O/c1-2-12-4-3-8-20(9-7-12)17(21)15-11-19-16-10-13(18)5-6-14(15)16/h5-6,10-12,19H,2-4,7-9,18H2,1H3. The molecule has 0 radical (unpaired) electrons. The molecule has 0 bridgehead atoms. The van der Waals surface area contributed by atoms with Crippen molar-refractivity contribution in [2.75, 3.05) is 18.8 Å². The van der Waals surface area contributed by atoms with Crippen LogP contribution in [0.4, 0.5) is 5.69 Å². The molecule has 2 aromatic rings. The molecule has 4 heteroatoms. The fourth-order valence-corrected chi connectivity index (χ4v) is 3.27. The van der Waals surface area contributed by atoms with Crippen LogP contribution in [0.5, 0.6) is 0 Å². The van der Waals surface area contributed by atoms with Crippen LogP contribution in [0.15, 0.2) is 24.4 Å². The van der Waals surface area contributed by atoms with Crippen molar-refractivity contribution in [1.82, 2.24) is 9.88 Å². The number of carbonyl (C=O) groups excluding carboxylic acids is 1. The summed E-state index contributed by atoms with van der Waals surface area (Å²) in [6, 6.07) is 5.66. The first-order chi connectivity index (χ1) is 10.2. The van der Waals surface area contributed by atoms with Gasteiger partial charge < -0.3 is 15.6 Å². The molecular formula is C17H23N3O. The summed E-state index contributed by atoms with van der Waals surface area (Å²) >= 11 is 0. The molecule has 0 aliphatic carbocycles. The summed E-state index contributed by atoms with van der Waals surface area (Å²) in [5.41, 5.74) is 8.19. The second-order valence-electron chi connectivity index (χ2n) is 6.00. The van der Waals surface area contributed by atoms with Gasteiger partial charge in [0.1, 0.15) is 0 Å². The van der Waals surface area contributed by atoms with Gasteiger partial charge in [-0.3, -0.25) is 4.79 Å². The molecule has 3 N–H and O–H groups in total. The number of nitrogens with zero attached hydrogens (tertiary/aromatic N) is 1. The molecule has 1 aromatic carbocycles. The van der Waals surface area contributed by atoms with Crippen molar-refractivity contribution in [3.8, 4) is 0 Å². The van der Waals surface area contributed by atoms with Crippen LogP contribution in [0.2, 0.25) is 0 Å². The smallest absolute Gasteiger partial charge is 0.256 e. The van der Waals surface area contributed by atoms with Crippen LogP contribution in [-0.2, 0) is 0 Å². The summed E-state index contributed by atoms with van der Waals surface area (Å²) in [5.74, 6) is 0.911. The topological polar surface area (TPSA) is 62.1 Å². The highest BCUT2D eigenvalue weighted by molar-refractivity contribution is 6.07. The van der Waals surface area contributed by atoms with Gasteiger partial charge in [-0.25, -0.2) is 0 Å². The zero-order valence-electron chi connectivity index (χ0n) is 12.6. The van der Waals surface area contributed by atoms with Crippen LogP contribution in [-0.4, -0.2) is 28.9 Å². The maximum Gasteiger partial charge on any atom is 0.256 e. The third-order valence-corrected chi connectivity index (χ3v) is 4.65. The van der Waals surface area contributed by atoms with Gasteiger partial charge in [0, 0.05) is 35.9 Å². The van der Waals surface area contributed by atoms with Gasteiger partial charge >= 0.3 is 0 Å². The molecule has 112 valence electrons.